The van der Waals surface area contributed by atoms with Crippen molar-refractivity contribution in [3.8, 4) is 0 Å². The summed E-state index contributed by atoms with van der Waals surface area (Å²) in [5.74, 6) is 0.109. The number of aromatic nitrogens is 2. The van der Waals surface area contributed by atoms with Gasteiger partial charge in [-0.2, -0.15) is 0 Å². The van der Waals surface area contributed by atoms with E-state index in [-0.39, 0.29) is 5.69 Å². The summed E-state index contributed by atoms with van der Waals surface area (Å²) in [4.78, 5) is 13.3. The number of halogens is 1. The molecule has 1 N–H and O–H groups in total. The maximum Gasteiger partial charge on any atom is 0.358 e. The monoisotopic (exact) mass is 347 g/mol. The highest BCUT2D eigenvalue weighted by Crippen LogP contribution is 2.29. The van der Waals surface area contributed by atoms with E-state index in [2.05, 4.69) is 14.9 Å². The zero-order valence-electron chi connectivity index (χ0n) is 13.3. The lowest BCUT2D eigenvalue weighted by atomic mass is 9.94. The minimum Gasteiger partial charge on any atom is -0.464 e. The van der Waals surface area contributed by atoms with Gasteiger partial charge in [-0.15, -0.1) is 10.2 Å². The number of hydrogen-bond donors (Lipinski definition) is 1. The number of aliphatic hydroxyl groups is 1. The number of hydrogen-bond acceptors (Lipinski definition) is 6. The summed E-state index contributed by atoms with van der Waals surface area (Å²) < 4.78 is 4.60. The van der Waals surface area contributed by atoms with Crippen molar-refractivity contribution >= 4 is 23.4 Å². The highest BCUT2D eigenvalue weighted by atomic mass is 35.5. The highest BCUT2D eigenvalue weighted by molar-refractivity contribution is 6.30. The zero-order chi connectivity index (χ0) is 17.2. The Kier molecular flexibility index (Phi) is 4.69. The van der Waals surface area contributed by atoms with Crippen molar-refractivity contribution in [2.45, 2.75) is 18.4 Å². The number of carbonyl (C=O) groups excluding carboxylic acids is 1. The van der Waals surface area contributed by atoms with Gasteiger partial charge in [-0.25, -0.2) is 4.79 Å². The Morgan fingerprint density at radius 2 is 2.21 bits per heavy atom. The van der Waals surface area contributed by atoms with Crippen molar-refractivity contribution in [1.82, 2.24) is 10.2 Å². The summed E-state index contributed by atoms with van der Waals surface area (Å²) in [5.41, 5.74) is 0.321. The SMILES string of the molecule is COC(=O)c1ccc(N2CC[C@@](O)(Cc3cccc(Cl)c3)C2)nn1. The zero-order valence-corrected chi connectivity index (χ0v) is 14.0. The molecule has 6 nitrogen and oxygen atoms in total. The maximum atomic E-state index is 11.4. The molecular weight excluding hydrogens is 330 g/mol. The van der Waals surface area contributed by atoms with Crippen LogP contribution >= 0.6 is 11.6 Å². The molecule has 0 bridgehead atoms. The molecule has 0 radical (unpaired) electrons. The van der Waals surface area contributed by atoms with Gasteiger partial charge in [0.2, 0.25) is 0 Å². The summed E-state index contributed by atoms with van der Waals surface area (Å²) in [6.07, 6.45) is 1.15. The van der Waals surface area contributed by atoms with Crippen LogP contribution in [0.1, 0.15) is 22.5 Å². The lowest BCUT2D eigenvalue weighted by molar-refractivity contribution is 0.0591. The topological polar surface area (TPSA) is 75.5 Å². The van der Waals surface area contributed by atoms with Gasteiger partial charge < -0.3 is 14.7 Å². The van der Waals surface area contributed by atoms with Crippen molar-refractivity contribution in [3.05, 3.63) is 52.7 Å². The Hall–Kier alpha value is -2.18. The van der Waals surface area contributed by atoms with Crippen LogP contribution in [0.15, 0.2) is 36.4 Å². The van der Waals surface area contributed by atoms with E-state index in [4.69, 9.17) is 11.6 Å². The first-order valence-corrected chi connectivity index (χ1v) is 8.01. The Morgan fingerprint density at radius 1 is 1.38 bits per heavy atom. The van der Waals surface area contributed by atoms with Crippen molar-refractivity contribution in [3.63, 3.8) is 0 Å². The number of β-amino-alcohol motifs (C(OH)–C–C–N with tert-alkyl or cyclic N) is 1. The van der Waals surface area contributed by atoms with Crippen molar-refractivity contribution in [2.24, 2.45) is 0 Å². The van der Waals surface area contributed by atoms with Crippen LogP contribution < -0.4 is 4.90 Å². The molecule has 0 spiro atoms. The molecule has 7 heteroatoms. The summed E-state index contributed by atoms with van der Waals surface area (Å²) in [5, 5.41) is 19.4. The highest BCUT2D eigenvalue weighted by Gasteiger charge is 2.37. The fraction of sp³-hybridized carbons (Fsp3) is 0.353. The van der Waals surface area contributed by atoms with Gasteiger partial charge in [0.1, 0.15) is 0 Å². The van der Waals surface area contributed by atoms with Crippen LogP contribution in [0.5, 0.6) is 0 Å². The van der Waals surface area contributed by atoms with E-state index < -0.39 is 11.6 Å². The molecule has 2 heterocycles. The van der Waals surface area contributed by atoms with Gasteiger partial charge >= 0.3 is 5.97 Å². The molecule has 1 aromatic carbocycles. The summed E-state index contributed by atoms with van der Waals surface area (Å²) in [6.45, 7) is 1.12. The number of methoxy groups -OCH3 is 1. The Labute approximate surface area is 145 Å². The second-order valence-electron chi connectivity index (χ2n) is 5.97. The van der Waals surface area contributed by atoms with Crippen LogP contribution in [-0.4, -0.2) is 47.1 Å². The van der Waals surface area contributed by atoms with Gasteiger partial charge in [-0.1, -0.05) is 23.7 Å². The molecule has 2 aromatic rings. The van der Waals surface area contributed by atoms with E-state index in [1.165, 1.54) is 7.11 Å². The fourth-order valence-electron chi connectivity index (χ4n) is 2.93. The fourth-order valence-corrected chi connectivity index (χ4v) is 3.14. The van der Waals surface area contributed by atoms with E-state index in [1.807, 2.05) is 29.2 Å². The minimum atomic E-state index is -0.840. The number of ether oxygens (including phenoxy) is 1. The molecule has 0 amide bonds. The number of esters is 1. The molecule has 1 fully saturated rings. The molecule has 24 heavy (non-hydrogen) atoms. The molecule has 1 aromatic heterocycles. The van der Waals surface area contributed by atoms with Gasteiger partial charge in [0.05, 0.1) is 12.7 Å². The number of benzene rings is 1. The van der Waals surface area contributed by atoms with Crippen molar-refractivity contribution in [1.29, 1.82) is 0 Å². The lowest BCUT2D eigenvalue weighted by Crippen LogP contribution is -2.35. The molecule has 3 rings (SSSR count). The Morgan fingerprint density at radius 3 is 2.88 bits per heavy atom. The largest absolute Gasteiger partial charge is 0.464 e. The number of nitrogens with zero attached hydrogens (tertiary/aromatic N) is 3. The van der Waals surface area contributed by atoms with E-state index in [1.54, 1.807) is 12.1 Å². The first-order chi connectivity index (χ1) is 11.5. The van der Waals surface area contributed by atoms with Crippen LogP contribution in [0.25, 0.3) is 0 Å². The van der Waals surface area contributed by atoms with E-state index in [9.17, 15) is 9.90 Å². The quantitative estimate of drug-likeness (QED) is 0.854. The van der Waals surface area contributed by atoms with Crippen LogP contribution in [-0.2, 0) is 11.2 Å². The van der Waals surface area contributed by atoms with Gasteiger partial charge in [-0.05, 0) is 36.2 Å². The van der Waals surface area contributed by atoms with Crippen LogP contribution in [0, 0.1) is 0 Å². The van der Waals surface area contributed by atoms with Gasteiger partial charge in [0, 0.05) is 24.5 Å². The molecular formula is C17H18ClN3O3. The minimum absolute atomic E-state index is 0.162. The summed E-state index contributed by atoms with van der Waals surface area (Å²) >= 11 is 6.00. The van der Waals surface area contributed by atoms with E-state index >= 15 is 0 Å². The third kappa shape index (κ3) is 3.66. The Balaban J connectivity index is 1.69. The first kappa shape index (κ1) is 16.7. The van der Waals surface area contributed by atoms with Crippen molar-refractivity contribution in [2.75, 3.05) is 25.1 Å². The van der Waals surface area contributed by atoms with E-state index in [0.29, 0.717) is 36.8 Å². The molecule has 126 valence electrons. The lowest BCUT2D eigenvalue weighted by Gasteiger charge is -2.24. The molecule has 1 saturated heterocycles. The number of rotatable bonds is 4. The summed E-state index contributed by atoms with van der Waals surface area (Å²) in [6, 6.07) is 10.8. The normalized spacial score (nSPS) is 20.2. The third-order valence-electron chi connectivity index (χ3n) is 4.12. The molecule has 0 aliphatic carbocycles. The smallest absolute Gasteiger partial charge is 0.358 e. The third-order valence-corrected chi connectivity index (χ3v) is 4.36. The molecule has 1 aliphatic rings. The standard InChI is InChI=1S/C17H18ClN3O3/c1-24-16(22)14-5-6-15(20-19-14)21-8-7-17(23,11-21)10-12-3-2-4-13(18)9-12/h2-6,9,23H,7-8,10-11H2,1H3/t17-/m1/s1. The number of anilines is 1. The van der Waals surface area contributed by atoms with Crippen molar-refractivity contribution < 1.29 is 14.6 Å². The van der Waals surface area contributed by atoms with Crippen LogP contribution in [0.3, 0.4) is 0 Å². The Bertz CT molecular complexity index is 738. The first-order valence-electron chi connectivity index (χ1n) is 7.63. The van der Waals surface area contributed by atoms with Crippen LogP contribution in [0.2, 0.25) is 5.02 Å². The predicted molar refractivity (Wildman–Crippen MR) is 90.3 cm³/mol. The molecule has 1 aliphatic heterocycles. The molecule has 1 atom stereocenters. The molecule has 0 unspecified atom stereocenters. The van der Waals surface area contributed by atoms with E-state index in [0.717, 1.165) is 5.56 Å². The maximum absolute atomic E-state index is 11.4. The molecule has 0 saturated carbocycles. The second-order valence-corrected chi connectivity index (χ2v) is 6.41. The predicted octanol–water partition coefficient (Wildman–Crippen LogP) is 2.10. The average Bonchev–Trinajstić information content (AvgIpc) is 2.96. The van der Waals surface area contributed by atoms with Gasteiger partial charge in [0.15, 0.2) is 11.5 Å². The number of carbonyl (C=O) groups is 1. The van der Waals surface area contributed by atoms with Gasteiger partial charge in [-0.3, -0.25) is 0 Å². The summed E-state index contributed by atoms with van der Waals surface area (Å²) in [7, 11) is 1.30. The van der Waals surface area contributed by atoms with Crippen LogP contribution in [0.4, 0.5) is 5.82 Å². The average molecular weight is 348 g/mol. The second kappa shape index (κ2) is 6.75. The van der Waals surface area contributed by atoms with Gasteiger partial charge in [0.25, 0.3) is 0 Å².